The zero-order valence-electron chi connectivity index (χ0n) is 11.3. The third kappa shape index (κ3) is 3.44. The van der Waals surface area contributed by atoms with E-state index >= 15 is 0 Å². The van der Waals surface area contributed by atoms with Crippen molar-refractivity contribution in [2.24, 2.45) is 0 Å². The van der Waals surface area contributed by atoms with Crippen molar-refractivity contribution in [1.82, 2.24) is 10.6 Å². The Hall–Kier alpha value is -0.810. The topological polar surface area (TPSA) is 50.4 Å². The van der Waals surface area contributed by atoms with E-state index in [0.29, 0.717) is 28.8 Å². The van der Waals surface area contributed by atoms with Gasteiger partial charge in [-0.1, -0.05) is 29.3 Å². The largest absolute Gasteiger partial charge is 0.383 e. The van der Waals surface area contributed by atoms with E-state index in [4.69, 9.17) is 27.9 Å². The summed E-state index contributed by atoms with van der Waals surface area (Å²) in [7, 11) is 1.66. The first kappa shape index (κ1) is 15.6. The summed E-state index contributed by atoms with van der Waals surface area (Å²) >= 11 is 12.1. The number of hydrogen-bond acceptors (Lipinski definition) is 3. The molecule has 2 rings (SSSR count). The Morgan fingerprint density at radius 1 is 1.45 bits per heavy atom. The highest BCUT2D eigenvalue weighted by molar-refractivity contribution is 6.39. The van der Waals surface area contributed by atoms with Gasteiger partial charge in [0.15, 0.2) is 0 Å². The summed E-state index contributed by atoms with van der Waals surface area (Å²) in [5.74, 6) is -0.259. The first-order valence-corrected chi connectivity index (χ1v) is 7.30. The minimum Gasteiger partial charge on any atom is -0.383 e. The van der Waals surface area contributed by atoms with Crippen LogP contribution in [-0.2, 0) is 4.74 Å². The number of hydrogen-bond donors (Lipinski definition) is 2. The van der Waals surface area contributed by atoms with Crippen molar-refractivity contribution in [3.8, 4) is 0 Å². The second-order valence-corrected chi connectivity index (χ2v) is 5.84. The van der Waals surface area contributed by atoms with Gasteiger partial charge in [0.1, 0.15) is 0 Å². The minimum absolute atomic E-state index is 0.196. The molecule has 0 aromatic heterocycles. The lowest BCUT2D eigenvalue weighted by atomic mass is 9.98. The second-order valence-electron chi connectivity index (χ2n) is 5.02. The van der Waals surface area contributed by atoms with E-state index in [-0.39, 0.29) is 11.4 Å². The molecule has 110 valence electrons. The highest BCUT2D eigenvalue weighted by atomic mass is 35.5. The fraction of sp³-hybridized carbons (Fsp3) is 0.500. The summed E-state index contributed by atoms with van der Waals surface area (Å²) in [6, 6.07) is 5.02. The first-order valence-electron chi connectivity index (χ1n) is 6.54. The predicted molar refractivity (Wildman–Crippen MR) is 80.6 cm³/mol. The molecule has 20 heavy (non-hydrogen) atoms. The van der Waals surface area contributed by atoms with Crippen LogP contribution >= 0.6 is 23.2 Å². The molecule has 1 atom stereocenters. The Morgan fingerprint density at radius 3 is 2.70 bits per heavy atom. The fourth-order valence-electron chi connectivity index (χ4n) is 2.52. The normalized spacial score (nSPS) is 21.9. The minimum atomic E-state index is -0.259. The number of amides is 1. The molecule has 0 bridgehead atoms. The molecule has 1 aliphatic rings. The highest BCUT2D eigenvalue weighted by Crippen LogP contribution is 2.24. The smallest absolute Gasteiger partial charge is 0.254 e. The Kier molecular flexibility index (Phi) is 5.27. The molecule has 0 saturated carbocycles. The maximum Gasteiger partial charge on any atom is 0.254 e. The van der Waals surface area contributed by atoms with Gasteiger partial charge in [0.05, 0.1) is 27.8 Å². The van der Waals surface area contributed by atoms with Crippen molar-refractivity contribution in [3.63, 3.8) is 0 Å². The number of rotatable bonds is 5. The predicted octanol–water partition coefficient (Wildman–Crippen LogP) is 2.49. The van der Waals surface area contributed by atoms with Gasteiger partial charge in [-0.05, 0) is 31.5 Å². The molecule has 6 heteroatoms. The molecular weight excluding hydrogens is 299 g/mol. The van der Waals surface area contributed by atoms with Crippen molar-refractivity contribution in [2.75, 3.05) is 26.8 Å². The van der Waals surface area contributed by atoms with Crippen molar-refractivity contribution in [1.29, 1.82) is 0 Å². The Morgan fingerprint density at radius 2 is 2.15 bits per heavy atom. The highest BCUT2D eigenvalue weighted by Gasteiger charge is 2.34. The van der Waals surface area contributed by atoms with Gasteiger partial charge in [0, 0.05) is 13.7 Å². The molecule has 1 fully saturated rings. The van der Waals surface area contributed by atoms with Crippen molar-refractivity contribution >= 4 is 29.1 Å². The Bertz CT molecular complexity index is 468. The first-order chi connectivity index (χ1) is 9.58. The lowest BCUT2D eigenvalue weighted by Gasteiger charge is -2.29. The molecule has 1 amide bonds. The summed E-state index contributed by atoms with van der Waals surface area (Å²) in [4.78, 5) is 12.2. The summed E-state index contributed by atoms with van der Waals surface area (Å²) < 4.78 is 5.25. The number of methoxy groups -OCH3 is 1. The zero-order valence-corrected chi connectivity index (χ0v) is 12.9. The molecule has 1 heterocycles. The maximum atomic E-state index is 12.2. The van der Waals surface area contributed by atoms with Crippen molar-refractivity contribution in [3.05, 3.63) is 33.8 Å². The molecule has 1 aromatic rings. The second kappa shape index (κ2) is 6.76. The molecule has 0 aliphatic carbocycles. The molecule has 2 N–H and O–H groups in total. The van der Waals surface area contributed by atoms with E-state index in [9.17, 15) is 4.79 Å². The van der Waals surface area contributed by atoms with Gasteiger partial charge < -0.3 is 15.4 Å². The number of halogens is 2. The van der Waals surface area contributed by atoms with E-state index in [2.05, 4.69) is 10.6 Å². The van der Waals surface area contributed by atoms with Crippen LogP contribution in [0.1, 0.15) is 23.2 Å². The van der Waals surface area contributed by atoms with Gasteiger partial charge in [0.25, 0.3) is 5.91 Å². The van der Waals surface area contributed by atoms with E-state index < -0.39 is 0 Å². The number of ether oxygens (including phenoxy) is 1. The molecule has 4 nitrogen and oxygen atoms in total. The van der Waals surface area contributed by atoms with Crippen LogP contribution in [0.15, 0.2) is 18.2 Å². The van der Waals surface area contributed by atoms with E-state index in [1.807, 2.05) is 0 Å². The van der Waals surface area contributed by atoms with Crippen LogP contribution in [0.25, 0.3) is 0 Å². The Balaban J connectivity index is 2.04. The molecule has 1 saturated heterocycles. The van der Waals surface area contributed by atoms with Gasteiger partial charge in [-0.2, -0.15) is 0 Å². The van der Waals surface area contributed by atoms with Crippen LogP contribution in [0.5, 0.6) is 0 Å². The summed E-state index contributed by atoms with van der Waals surface area (Å²) in [5, 5.41) is 7.01. The fourth-order valence-corrected chi connectivity index (χ4v) is 3.09. The van der Waals surface area contributed by atoms with E-state index in [1.54, 1.807) is 25.3 Å². The monoisotopic (exact) mass is 316 g/mol. The lowest BCUT2D eigenvalue weighted by molar-refractivity contribution is 0.0892. The van der Waals surface area contributed by atoms with E-state index in [1.165, 1.54) is 0 Å². The Labute approximate surface area is 128 Å². The molecule has 0 spiro atoms. The van der Waals surface area contributed by atoms with Gasteiger partial charge >= 0.3 is 0 Å². The van der Waals surface area contributed by atoms with Crippen LogP contribution in [0, 0.1) is 0 Å². The summed E-state index contributed by atoms with van der Waals surface area (Å²) in [6.45, 7) is 1.98. The summed E-state index contributed by atoms with van der Waals surface area (Å²) in [5.41, 5.74) is 0.124. The number of carbonyl (C=O) groups is 1. The average molecular weight is 317 g/mol. The molecule has 1 aromatic carbocycles. The number of nitrogens with one attached hydrogen (secondary N) is 2. The molecular formula is C14H18Cl2N2O2. The standard InChI is InChI=1S/C14H18Cl2N2O2/c1-20-9-14(6-3-7-18-14)8-17-13(19)12-10(15)4-2-5-11(12)16/h2,4-5,18H,3,6-9H2,1H3,(H,17,19). The number of benzene rings is 1. The van der Waals surface area contributed by atoms with Gasteiger partial charge in [-0.15, -0.1) is 0 Å². The maximum absolute atomic E-state index is 12.2. The van der Waals surface area contributed by atoms with E-state index in [0.717, 1.165) is 19.4 Å². The summed E-state index contributed by atoms with van der Waals surface area (Å²) in [6.07, 6.45) is 2.05. The van der Waals surface area contributed by atoms with Crippen LogP contribution in [0.3, 0.4) is 0 Å². The molecule has 1 unspecified atom stereocenters. The third-order valence-corrected chi connectivity index (χ3v) is 4.16. The van der Waals surface area contributed by atoms with Crippen LogP contribution < -0.4 is 10.6 Å². The molecule has 1 aliphatic heterocycles. The van der Waals surface area contributed by atoms with Crippen LogP contribution in [0.2, 0.25) is 10.0 Å². The van der Waals surface area contributed by atoms with Crippen molar-refractivity contribution < 1.29 is 9.53 Å². The SMILES string of the molecule is COCC1(CNC(=O)c2c(Cl)cccc2Cl)CCCN1. The van der Waals surface area contributed by atoms with Crippen LogP contribution in [-0.4, -0.2) is 38.3 Å². The van der Waals surface area contributed by atoms with Crippen LogP contribution in [0.4, 0.5) is 0 Å². The third-order valence-electron chi connectivity index (χ3n) is 3.53. The number of carbonyl (C=O) groups excluding carboxylic acids is 1. The van der Waals surface area contributed by atoms with Crippen molar-refractivity contribution in [2.45, 2.75) is 18.4 Å². The average Bonchev–Trinajstić information content (AvgIpc) is 2.86. The molecule has 0 radical (unpaired) electrons. The quantitative estimate of drug-likeness (QED) is 0.877. The van der Waals surface area contributed by atoms with Gasteiger partial charge in [-0.25, -0.2) is 0 Å². The van der Waals surface area contributed by atoms with Gasteiger partial charge in [0.2, 0.25) is 0 Å². The lowest BCUT2D eigenvalue weighted by Crippen LogP contribution is -2.53. The van der Waals surface area contributed by atoms with Gasteiger partial charge in [-0.3, -0.25) is 4.79 Å². The zero-order chi connectivity index (χ0) is 14.6.